The first-order valence-electron chi connectivity index (χ1n) is 3.03. The van der Waals surface area contributed by atoms with E-state index in [4.69, 9.17) is 0 Å². The van der Waals surface area contributed by atoms with Crippen molar-refractivity contribution in [3.63, 3.8) is 0 Å². The molecule has 1 aromatic carbocycles. The molecule has 0 amide bonds. The normalized spacial score (nSPS) is 9.00. The van der Waals surface area contributed by atoms with Gasteiger partial charge >= 0.3 is 12.2 Å². The van der Waals surface area contributed by atoms with Crippen LogP contribution in [0.4, 0.5) is 5.69 Å². The van der Waals surface area contributed by atoms with Crippen LogP contribution in [0.2, 0.25) is 0 Å². The summed E-state index contributed by atoms with van der Waals surface area (Å²) in [6.45, 7) is 1.12. The van der Waals surface area contributed by atoms with Crippen LogP contribution in [0, 0.1) is 10.1 Å². The van der Waals surface area contributed by atoms with Crippen molar-refractivity contribution in [3.8, 4) is 5.75 Å². The zero-order chi connectivity index (χ0) is 8.97. The van der Waals surface area contributed by atoms with E-state index in [1.54, 1.807) is 0 Å². The lowest BCUT2D eigenvalue weighted by Gasteiger charge is -1.96. The van der Waals surface area contributed by atoms with Crippen molar-refractivity contribution in [1.82, 2.24) is 0 Å². The molecule has 0 saturated heterocycles. The van der Waals surface area contributed by atoms with E-state index in [0.717, 1.165) is 6.47 Å². The first kappa shape index (κ1) is 8.19. The third kappa shape index (κ3) is 1.57. The first-order valence-corrected chi connectivity index (χ1v) is 3.03. The van der Waals surface area contributed by atoms with Gasteiger partial charge in [0.1, 0.15) is 0 Å². The van der Waals surface area contributed by atoms with Gasteiger partial charge in [-0.15, -0.1) is 0 Å². The molecule has 0 unspecified atom stereocenters. The fourth-order valence-corrected chi connectivity index (χ4v) is 0.739. The third-order valence-corrected chi connectivity index (χ3v) is 1.21. The number of benzene rings is 1. The van der Waals surface area contributed by atoms with Crippen molar-refractivity contribution in [1.29, 1.82) is 0 Å². The Bertz CT molecular complexity index is 310. The topological polar surface area (TPSA) is 69.4 Å². The Labute approximate surface area is 67.7 Å². The highest BCUT2D eigenvalue weighted by molar-refractivity contribution is 5.54. The van der Waals surface area contributed by atoms with Crippen LogP contribution < -0.4 is 4.74 Å². The van der Waals surface area contributed by atoms with Crippen molar-refractivity contribution in [2.24, 2.45) is 0 Å². The molecule has 5 nitrogen and oxygen atoms in total. The second-order valence-electron chi connectivity index (χ2n) is 1.91. The molecule has 1 rings (SSSR count). The number of rotatable bonds is 3. The van der Waals surface area contributed by atoms with Crippen LogP contribution in [-0.4, -0.2) is 11.4 Å². The summed E-state index contributed by atoms with van der Waals surface area (Å²) >= 11 is 0. The number of nitrogens with zero attached hydrogens (tertiary/aromatic N) is 1. The number of hydrogen-bond acceptors (Lipinski definition) is 4. The van der Waals surface area contributed by atoms with Gasteiger partial charge in [0.15, 0.2) is 0 Å². The highest BCUT2D eigenvalue weighted by Gasteiger charge is 2.12. The zero-order valence-corrected chi connectivity index (χ0v) is 5.89. The molecular weight excluding hydrogens is 162 g/mol. The number of nitro benzene ring substituents is 1. The Balaban J connectivity index is 3.07. The lowest BCUT2D eigenvalue weighted by atomic mass is 10.3. The van der Waals surface area contributed by atoms with Crippen LogP contribution in [0.1, 0.15) is 0 Å². The van der Waals surface area contributed by atoms with Crippen molar-refractivity contribution in [2.45, 2.75) is 0 Å². The van der Waals surface area contributed by atoms with E-state index in [-0.39, 0.29) is 11.4 Å². The minimum absolute atomic E-state index is 0.0995. The Morgan fingerprint density at radius 3 is 2.67 bits per heavy atom. The minimum Gasteiger partial charge on any atom is -0.411 e. The average Bonchev–Trinajstić information content (AvgIpc) is 2.05. The molecule has 0 aromatic heterocycles. The molecule has 0 bridgehead atoms. The lowest BCUT2D eigenvalue weighted by Crippen LogP contribution is -1.94. The van der Waals surface area contributed by atoms with E-state index in [2.05, 4.69) is 4.74 Å². The van der Waals surface area contributed by atoms with Crippen LogP contribution in [0.3, 0.4) is 0 Å². The highest BCUT2D eigenvalue weighted by atomic mass is 16.6. The summed E-state index contributed by atoms with van der Waals surface area (Å²) < 4.78 is 4.25. The third-order valence-electron chi connectivity index (χ3n) is 1.21. The van der Waals surface area contributed by atoms with Gasteiger partial charge in [0.25, 0.3) is 0 Å². The van der Waals surface area contributed by atoms with Gasteiger partial charge in [-0.2, -0.15) is 0 Å². The summed E-state index contributed by atoms with van der Waals surface area (Å²) in [7, 11) is 0. The molecule has 1 aromatic rings. The van der Waals surface area contributed by atoms with Crippen LogP contribution in [0.25, 0.3) is 0 Å². The predicted octanol–water partition coefficient (Wildman–Crippen LogP) is 1.04. The average molecular weight is 166 g/mol. The van der Waals surface area contributed by atoms with Gasteiger partial charge in [0.2, 0.25) is 5.75 Å². The maximum absolute atomic E-state index is 10.3. The molecule has 61 valence electrons. The molecule has 0 atom stereocenters. The predicted molar refractivity (Wildman–Crippen MR) is 39.4 cm³/mol. The fourth-order valence-electron chi connectivity index (χ4n) is 0.739. The van der Waals surface area contributed by atoms with E-state index in [0.29, 0.717) is 0 Å². The van der Waals surface area contributed by atoms with Crippen LogP contribution in [-0.2, 0) is 4.79 Å². The van der Waals surface area contributed by atoms with E-state index in [1.165, 1.54) is 24.3 Å². The monoisotopic (exact) mass is 166 g/mol. The SMILES string of the molecule is O=[C]Oc1ccccc1[N+](=O)[O-]. The summed E-state index contributed by atoms with van der Waals surface area (Å²) in [5, 5.41) is 10.3. The molecule has 0 fully saturated rings. The molecule has 1 radical (unpaired) electrons. The van der Waals surface area contributed by atoms with Gasteiger partial charge in [-0.1, -0.05) is 12.1 Å². The first-order chi connectivity index (χ1) is 5.75. The van der Waals surface area contributed by atoms with Crippen molar-refractivity contribution < 1.29 is 14.5 Å². The van der Waals surface area contributed by atoms with E-state index >= 15 is 0 Å². The number of hydrogen-bond donors (Lipinski definition) is 0. The maximum Gasteiger partial charge on any atom is 0.423 e. The molecular formula is C7H4NO4. The van der Waals surface area contributed by atoms with Gasteiger partial charge < -0.3 is 4.74 Å². The summed E-state index contributed by atoms with van der Waals surface area (Å²) in [4.78, 5) is 19.4. The number of ether oxygens (including phenoxy) is 1. The largest absolute Gasteiger partial charge is 0.423 e. The van der Waals surface area contributed by atoms with Gasteiger partial charge in [0, 0.05) is 6.07 Å². The molecule has 0 aliphatic rings. The molecule has 5 heteroatoms. The van der Waals surface area contributed by atoms with Crippen molar-refractivity contribution >= 4 is 12.2 Å². The van der Waals surface area contributed by atoms with Crippen molar-refractivity contribution in [2.75, 3.05) is 0 Å². The van der Waals surface area contributed by atoms with Gasteiger partial charge in [-0.05, 0) is 6.07 Å². The lowest BCUT2D eigenvalue weighted by molar-refractivity contribution is -0.385. The molecule has 0 N–H and O–H groups in total. The second kappa shape index (κ2) is 3.47. The van der Waals surface area contributed by atoms with Gasteiger partial charge in [-0.25, -0.2) is 4.79 Å². The standard InChI is InChI=1S/C7H4NO4/c9-5-12-7-4-2-1-3-6(7)8(10)11/h1-4H. The van der Waals surface area contributed by atoms with Crippen LogP contribution in [0.5, 0.6) is 5.75 Å². The highest BCUT2D eigenvalue weighted by Crippen LogP contribution is 2.24. The molecule has 0 saturated carbocycles. The van der Waals surface area contributed by atoms with E-state index in [9.17, 15) is 14.9 Å². The van der Waals surface area contributed by atoms with E-state index < -0.39 is 4.92 Å². The Hall–Kier alpha value is -1.91. The van der Waals surface area contributed by atoms with Gasteiger partial charge in [-0.3, -0.25) is 10.1 Å². The van der Waals surface area contributed by atoms with Crippen LogP contribution in [0.15, 0.2) is 24.3 Å². The molecule has 0 aliphatic carbocycles. The maximum atomic E-state index is 10.3. The number of carbonyl (C=O) groups excluding carboxylic acids is 1. The number of para-hydroxylation sites is 2. The smallest absolute Gasteiger partial charge is 0.411 e. The Morgan fingerprint density at radius 1 is 1.42 bits per heavy atom. The summed E-state index contributed by atoms with van der Waals surface area (Å²) in [6, 6.07) is 5.57. The molecule has 0 aliphatic heterocycles. The minimum atomic E-state index is -0.632. The quantitative estimate of drug-likeness (QED) is 0.496. The van der Waals surface area contributed by atoms with E-state index in [1.807, 2.05) is 0 Å². The summed E-state index contributed by atoms with van der Waals surface area (Å²) in [5.41, 5.74) is -0.249. The van der Waals surface area contributed by atoms with Crippen LogP contribution >= 0.6 is 0 Å². The summed E-state index contributed by atoms with van der Waals surface area (Å²) in [5.74, 6) is -0.0995. The van der Waals surface area contributed by atoms with Gasteiger partial charge in [0.05, 0.1) is 4.92 Å². The Kier molecular flexibility index (Phi) is 2.37. The second-order valence-corrected chi connectivity index (χ2v) is 1.91. The molecule has 0 spiro atoms. The molecule has 12 heavy (non-hydrogen) atoms. The Morgan fingerprint density at radius 2 is 2.08 bits per heavy atom. The zero-order valence-electron chi connectivity index (χ0n) is 5.89. The summed E-state index contributed by atoms with van der Waals surface area (Å²) in [6.07, 6.45) is 0. The molecule has 0 heterocycles. The fraction of sp³-hybridized carbons (Fsp3) is 0. The number of nitro groups is 1. The van der Waals surface area contributed by atoms with Crippen molar-refractivity contribution in [3.05, 3.63) is 34.4 Å².